The average Bonchev–Trinajstić information content (AvgIpc) is 2.58. The van der Waals surface area contributed by atoms with Crippen LogP contribution in [0, 0.1) is 5.92 Å². The van der Waals surface area contributed by atoms with Crippen LogP contribution in [-0.4, -0.2) is 33.2 Å². The second-order valence-electron chi connectivity index (χ2n) is 6.53. The number of fused-ring (bicyclic) bond motifs is 3. The Morgan fingerprint density at radius 2 is 1.95 bits per heavy atom. The van der Waals surface area contributed by atoms with Crippen molar-refractivity contribution < 1.29 is 14.4 Å². The van der Waals surface area contributed by atoms with Crippen molar-refractivity contribution in [2.75, 3.05) is 33.2 Å². The van der Waals surface area contributed by atoms with Crippen LogP contribution in [-0.2, 0) is 6.42 Å². The molecule has 3 atom stereocenters. The van der Waals surface area contributed by atoms with Gasteiger partial charge in [-0.3, -0.25) is 0 Å². The summed E-state index contributed by atoms with van der Waals surface area (Å²) in [7, 11) is 3.44. The van der Waals surface area contributed by atoms with Gasteiger partial charge < -0.3 is 14.4 Å². The standard InChI is InChI=1S/C18H26ClNO2/c1-21-16-11-14-7-10-20-9-4-6-13(5-3-8-19)18(20)15(14)12-17(16)22-2/h11-13,18H,3-10H2,1-2H3/p+1/t13-,18+/m0/s1. The molecule has 3 rings (SSSR count). The summed E-state index contributed by atoms with van der Waals surface area (Å²) in [6.07, 6.45) is 6.19. The number of hydrogen-bond donors (Lipinski definition) is 1. The summed E-state index contributed by atoms with van der Waals surface area (Å²) in [6, 6.07) is 5.04. The third-order valence-electron chi connectivity index (χ3n) is 5.39. The Morgan fingerprint density at radius 1 is 1.18 bits per heavy atom. The summed E-state index contributed by atoms with van der Waals surface area (Å²) in [4.78, 5) is 1.76. The number of rotatable bonds is 5. The smallest absolute Gasteiger partial charge is 0.161 e. The van der Waals surface area contributed by atoms with Crippen LogP contribution in [0.1, 0.15) is 42.9 Å². The van der Waals surface area contributed by atoms with Gasteiger partial charge in [-0.05, 0) is 43.4 Å². The lowest BCUT2D eigenvalue weighted by Gasteiger charge is -2.42. The fourth-order valence-electron chi connectivity index (χ4n) is 4.39. The molecular formula is C18H27ClNO2+. The van der Waals surface area contributed by atoms with Crippen LogP contribution < -0.4 is 14.4 Å². The van der Waals surface area contributed by atoms with Gasteiger partial charge in [0.1, 0.15) is 6.04 Å². The van der Waals surface area contributed by atoms with Crippen molar-refractivity contribution in [1.82, 2.24) is 0 Å². The van der Waals surface area contributed by atoms with Gasteiger partial charge in [-0.15, -0.1) is 11.6 Å². The summed E-state index contributed by atoms with van der Waals surface area (Å²) in [5, 5.41) is 0. The molecule has 0 amide bonds. The van der Waals surface area contributed by atoms with E-state index >= 15 is 0 Å². The first-order chi connectivity index (χ1) is 10.8. The van der Waals surface area contributed by atoms with Crippen LogP contribution in [0.2, 0.25) is 0 Å². The molecule has 3 nitrogen and oxygen atoms in total. The zero-order chi connectivity index (χ0) is 15.5. The van der Waals surface area contributed by atoms with Crippen LogP contribution in [0.3, 0.4) is 0 Å². The first-order valence-electron chi connectivity index (χ1n) is 8.43. The summed E-state index contributed by atoms with van der Waals surface area (Å²) in [5.74, 6) is 3.25. The quantitative estimate of drug-likeness (QED) is 0.841. The molecule has 2 heterocycles. The number of nitrogens with one attached hydrogen (secondary N) is 1. The van der Waals surface area contributed by atoms with Crippen molar-refractivity contribution in [2.45, 2.75) is 38.1 Å². The van der Waals surface area contributed by atoms with Crippen LogP contribution in [0.4, 0.5) is 0 Å². The molecule has 122 valence electrons. The Morgan fingerprint density at radius 3 is 2.68 bits per heavy atom. The summed E-state index contributed by atoms with van der Waals surface area (Å²) in [6.45, 7) is 2.54. The highest BCUT2D eigenvalue weighted by atomic mass is 35.5. The van der Waals surface area contributed by atoms with E-state index in [9.17, 15) is 0 Å². The SMILES string of the molecule is COc1cc2c(cc1OC)[C@H]1[C@@H](CCCCl)CCC[NH+]1CC2. The van der Waals surface area contributed by atoms with E-state index < -0.39 is 0 Å². The number of hydrogen-bond acceptors (Lipinski definition) is 2. The van der Waals surface area contributed by atoms with E-state index in [2.05, 4.69) is 12.1 Å². The maximum absolute atomic E-state index is 5.94. The van der Waals surface area contributed by atoms with E-state index in [1.54, 1.807) is 19.1 Å². The molecule has 1 N–H and O–H groups in total. The maximum Gasteiger partial charge on any atom is 0.161 e. The molecule has 1 fully saturated rings. The fraction of sp³-hybridized carbons (Fsp3) is 0.667. The molecule has 1 aromatic carbocycles. The number of alkyl halides is 1. The minimum absolute atomic E-state index is 0.612. The van der Waals surface area contributed by atoms with Crippen LogP contribution in [0.15, 0.2) is 12.1 Å². The largest absolute Gasteiger partial charge is 0.493 e. The molecule has 1 aromatic rings. The van der Waals surface area contributed by atoms with E-state index in [1.807, 2.05) is 0 Å². The van der Waals surface area contributed by atoms with E-state index in [4.69, 9.17) is 21.1 Å². The predicted molar refractivity (Wildman–Crippen MR) is 89.4 cm³/mol. The Kier molecular flexibility index (Phi) is 5.14. The number of methoxy groups -OCH3 is 2. The highest BCUT2D eigenvalue weighted by molar-refractivity contribution is 6.17. The van der Waals surface area contributed by atoms with Gasteiger partial charge in [0, 0.05) is 23.8 Å². The Bertz CT molecular complexity index is 520. The lowest BCUT2D eigenvalue weighted by molar-refractivity contribution is -0.943. The molecule has 2 aliphatic rings. The highest BCUT2D eigenvalue weighted by Crippen LogP contribution is 2.39. The van der Waals surface area contributed by atoms with E-state index in [1.165, 1.54) is 43.5 Å². The van der Waals surface area contributed by atoms with Gasteiger partial charge in [0.2, 0.25) is 0 Å². The minimum atomic E-state index is 0.612. The normalized spacial score (nSPS) is 27.0. The first kappa shape index (κ1) is 15.9. The van der Waals surface area contributed by atoms with Crippen LogP contribution >= 0.6 is 11.6 Å². The van der Waals surface area contributed by atoms with Gasteiger partial charge in [0.25, 0.3) is 0 Å². The first-order valence-corrected chi connectivity index (χ1v) is 8.97. The molecule has 0 aliphatic carbocycles. The number of halogens is 1. The second kappa shape index (κ2) is 7.10. The topological polar surface area (TPSA) is 22.9 Å². The lowest BCUT2D eigenvalue weighted by atomic mass is 9.77. The molecule has 0 bridgehead atoms. The number of benzene rings is 1. The summed E-state index contributed by atoms with van der Waals surface area (Å²) < 4.78 is 11.0. The van der Waals surface area contributed by atoms with Gasteiger partial charge in [-0.1, -0.05) is 0 Å². The highest BCUT2D eigenvalue weighted by Gasteiger charge is 2.40. The number of ether oxygens (including phenoxy) is 2. The maximum atomic E-state index is 5.94. The Balaban J connectivity index is 1.96. The van der Waals surface area contributed by atoms with Crippen LogP contribution in [0.25, 0.3) is 0 Å². The van der Waals surface area contributed by atoms with Crippen molar-refractivity contribution in [3.63, 3.8) is 0 Å². The van der Waals surface area contributed by atoms with Crippen molar-refractivity contribution in [3.8, 4) is 11.5 Å². The molecule has 4 heteroatoms. The molecule has 0 saturated carbocycles. The minimum Gasteiger partial charge on any atom is -0.493 e. The van der Waals surface area contributed by atoms with Gasteiger partial charge >= 0.3 is 0 Å². The molecular weight excluding hydrogens is 298 g/mol. The lowest BCUT2D eigenvalue weighted by Crippen LogP contribution is -3.14. The van der Waals surface area contributed by atoms with Gasteiger partial charge in [-0.2, -0.15) is 0 Å². The van der Waals surface area contributed by atoms with Crippen LogP contribution in [0.5, 0.6) is 11.5 Å². The summed E-state index contributed by atoms with van der Waals surface area (Å²) in [5.41, 5.74) is 2.93. The molecule has 0 radical (unpaired) electrons. The predicted octanol–water partition coefficient (Wildman–Crippen LogP) is 2.61. The molecule has 2 aliphatic heterocycles. The Hall–Kier alpha value is -0.930. The van der Waals surface area contributed by atoms with Crippen molar-refractivity contribution in [1.29, 1.82) is 0 Å². The van der Waals surface area contributed by atoms with Crippen molar-refractivity contribution in [3.05, 3.63) is 23.3 Å². The third kappa shape index (κ3) is 2.93. The zero-order valence-electron chi connectivity index (χ0n) is 13.7. The Labute approximate surface area is 138 Å². The van der Waals surface area contributed by atoms with Gasteiger partial charge in [-0.25, -0.2) is 0 Å². The monoisotopic (exact) mass is 324 g/mol. The molecule has 1 unspecified atom stereocenters. The summed E-state index contributed by atoms with van der Waals surface area (Å²) >= 11 is 5.94. The fourth-order valence-corrected chi connectivity index (χ4v) is 4.54. The number of piperidine rings is 1. The van der Waals surface area contributed by atoms with Gasteiger partial charge in [0.05, 0.1) is 27.3 Å². The second-order valence-corrected chi connectivity index (χ2v) is 6.90. The molecule has 22 heavy (non-hydrogen) atoms. The zero-order valence-corrected chi connectivity index (χ0v) is 14.4. The molecule has 1 saturated heterocycles. The average molecular weight is 325 g/mol. The van der Waals surface area contributed by atoms with E-state index in [-0.39, 0.29) is 0 Å². The van der Waals surface area contributed by atoms with Crippen molar-refractivity contribution in [2.24, 2.45) is 5.92 Å². The van der Waals surface area contributed by atoms with E-state index in [0.29, 0.717) is 6.04 Å². The van der Waals surface area contributed by atoms with Gasteiger partial charge in [0.15, 0.2) is 11.5 Å². The number of quaternary nitrogens is 1. The molecule has 0 aromatic heterocycles. The van der Waals surface area contributed by atoms with Crippen molar-refractivity contribution >= 4 is 11.6 Å². The molecule has 0 spiro atoms. The third-order valence-corrected chi connectivity index (χ3v) is 5.66. The van der Waals surface area contributed by atoms with E-state index in [0.717, 1.165) is 36.1 Å².